The largest absolute Gasteiger partial charge is 0.492 e. The van der Waals surface area contributed by atoms with E-state index in [1.54, 1.807) is 19.1 Å². The first-order valence-corrected chi connectivity index (χ1v) is 12.2. The number of ether oxygens (including phenoxy) is 1. The molecule has 1 amide bonds. The van der Waals surface area contributed by atoms with Crippen molar-refractivity contribution in [1.82, 2.24) is 10.2 Å². The Hall–Kier alpha value is -3.43. The van der Waals surface area contributed by atoms with Gasteiger partial charge in [0, 0.05) is 24.3 Å². The van der Waals surface area contributed by atoms with E-state index in [0.717, 1.165) is 23.9 Å². The fourth-order valence-electron chi connectivity index (χ4n) is 3.01. The number of nitrogens with one attached hydrogen (secondary N) is 2. The van der Waals surface area contributed by atoms with Crippen LogP contribution in [0.1, 0.15) is 21.5 Å². The predicted octanol–water partition coefficient (Wildman–Crippen LogP) is 3.81. The molecule has 0 aromatic heterocycles. The van der Waals surface area contributed by atoms with Gasteiger partial charge in [-0.3, -0.25) is 9.52 Å². The highest BCUT2D eigenvalue weighted by Gasteiger charge is 2.17. The van der Waals surface area contributed by atoms with Gasteiger partial charge in [0.2, 0.25) is 0 Å². The molecule has 0 spiro atoms. The number of nitrogens with zero attached hydrogens (tertiary/aromatic N) is 1. The number of hydrogen-bond donors (Lipinski definition) is 2. The molecule has 0 atom stereocenters. The van der Waals surface area contributed by atoms with E-state index >= 15 is 0 Å². The van der Waals surface area contributed by atoms with Gasteiger partial charge in [-0.15, -0.1) is 0 Å². The van der Waals surface area contributed by atoms with Crippen LogP contribution < -0.4 is 14.8 Å². The lowest BCUT2D eigenvalue weighted by Crippen LogP contribution is -2.23. The second kappa shape index (κ2) is 11.1. The van der Waals surface area contributed by atoms with E-state index in [-0.39, 0.29) is 16.5 Å². The van der Waals surface area contributed by atoms with Crippen LogP contribution in [0, 0.1) is 12.7 Å². The highest BCUT2D eigenvalue weighted by molar-refractivity contribution is 7.92. The summed E-state index contributed by atoms with van der Waals surface area (Å²) in [6, 6.07) is 17.2. The summed E-state index contributed by atoms with van der Waals surface area (Å²) in [6.45, 7) is 3.25. The molecule has 3 aromatic rings. The number of halogens is 1. The van der Waals surface area contributed by atoms with Crippen molar-refractivity contribution in [2.75, 3.05) is 32.0 Å². The van der Waals surface area contributed by atoms with Gasteiger partial charge in [0.25, 0.3) is 15.9 Å². The van der Waals surface area contributed by atoms with E-state index < -0.39 is 15.8 Å². The molecule has 3 aromatic carbocycles. The summed E-state index contributed by atoms with van der Waals surface area (Å²) in [5.74, 6) is -0.205. The maximum Gasteiger partial charge on any atom is 0.261 e. The smallest absolute Gasteiger partial charge is 0.261 e. The average molecular weight is 486 g/mol. The van der Waals surface area contributed by atoms with E-state index in [4.69, 9.17) is 4.74 Å². The van der Waals surface area contributed by atoms with Gasteiger partial charge in [0.1, 0.15) is 18.2 Å². The molecule has 2 N–H and O–H groups in total. The molecule has 0 unspecified atom stereocenters. The number of sulfonamides is 1. The summed E-state index contributed by atoms with van der Waals surface area (Å²) in [4.78, 5) is 14.4. The summed E-state index contributed by atoms with van der Waals surface area (Å²) in [6.07, 6.45) is 0. The number of carbonyl (C=O) groups is 1. The van der Waals surface area contributed by atoms with Gasteiger partial charge < -0.3 is 15.0 Å². The van der Waals surface area contributed by atoms with Crippen molar-refractivity contribution >= 4 is 21.6 Å². The molecular formula is C25H28FN3O4S. The number of benzene rings is 3. The maximum absolute atomic E-state index is 13.8. The molecule has 0 aliphatic heterocycles. The van der Waals surface area contributed by atoms with Crippen LogP contribution in [0.4, 0.5) is 10.1 Å². The van der Waals surface area contributed by atoms with Crippen LogP contribution in [-0.4, -0.2) is 46.5 Å². The van der Waals surface area contributed by atoms with Crippen LogP contribution in [-0.2, 0) is 16.6 Å². The van der Waals surface area contributed by atoms with Gasteiger partial charge >= 0.3 is 0 Å². The van der Waals surface area contributed by atoms with Gasteiger partial charge in [-0.05, 0) is 74.6 Å². The highest BCUT2D eigenvalue weighted by atomic mass is 32.2. The zero-order valence-electron chi connectivity index (χ0n) is 19.3. The van der Waals surface area contributed by atoms with E-state index in [9.17, 15) is 17.6 Å². The molecule has 0 aliphatic rings. The van der Waals surface area contributed by atoms with Gasteiger partial charge in [-0.25, -0.2) is 12.8 Å². The minimum atomic E-state index is -4.00. The monoisotopic (exact) mass is 485 g/mol. The summed E-state index contributed by atoms with van der Waals surface area (Å²) in [5, 5.41) is 2.82. The van der Waals surface area contributed by atoms with Crippen molar-refractivity contribution in [3.05, 3.63) is 89.2 Å². The average Bonchev–Trinajstić information content (AvgIpc) is 2.79. The van der Waals surface area contributed by atoms with Crippen LogP contribution in [0.25, 0.3) is 0 Å². The molecule has 34 heavy (non-hydrogen) atoms. The summed E-state index contributed by atoms with van der Waals surface area (Å²) in [5.41, 5.74) is 1.74. The van der Waals surface area contributed by atoms with Crippen LogP contribution in [0.3, 0.4) is 0 Å². The number of hydrogen-bond acceptors (Lipinski definition) is 5. The molecule has 0 bridgehead atoms. The zero-order chi connectivity index (χ0) is 24.7. The molecular weight excluding hydrogens is 457 g/mol. The van der Waals surface area contributed by atoms with Crippen molar-refractivity contribution in [2.24, 2.45) is 0 Å². The Morgan fingerprint density at radius 1 is 1.03 bits per heavy atom. The maximum atomic E-state index is 13.8. The topological polar surface area (TPSA) is 87.7 Å². The molecule has 9 heteroatoms. The number of carbonyl (C=O) groups excluding carboxylic acids is 1. The molecule has 0 saturated carbocycles. The van der Waals surface area contributed by atoms with Crippen LogP contribution in [0.5, 0.6) is 5.75 Å². The first-order valence-electron chi connectivity index (χ1n) is 10.7. The van der Waals surface area contributed by atoms with Crippen molar-refractivity contribution < 1.29 is 22.3 Å². The van der Waals surface area contributed by atoms with E-state index in [1.807, 2.05) is 43.3 Å². The molecule has 0 aliphatic carbocycles. The quantitative estimate of drug-likeness (QED) is 0.456. The fourth-order valence-corrected chi connectivity index (χ4v) is 4.07. The Morgan fingerprint density at radius 3 is 2.44 bits per heavy atom. The van der Waals surface area contributed by atoms with Crippen LogP contribution in [0.15, 0.2) is 71.6 Å². The third-order valence-corrected chi connectivity index (χ3v) is 6.39. The van der Waals surface area contributed by atoms with Crippen molar-refractivity contribution in [1.29, 1.82) is 0 Å². The Balaban J connectivity index is 1.59. The first-order chi connectivity index (χ1) is 16.1. The third-order valence-electron chi connectivity index (χ3n) is 5.01. The Labute approximate surface area is 199 Å². The van der Waals surface area contributed by atoms with E-state index in [2.05, 4.69) is 10.0 Å². The molecule has 7 nitrogen and oxygen atoms in total. The Kier molecular flexibility index (Phi) is 8.25. The standard InChI is InChI=1S/C25H28FN3O4S/c1-18-7-12-23(16-24(18)26)34(31,32)28-21-6-4-5-20(15-21)25(30)27-17-19-8-10-22(11-9-19)33-14-13-29(2)3/h4-12,15-16,28H,13-14,17H2,1-3H3,(H,27,30). The lowest BCUT2D eigenvalue weighted by Gasteiger charge is -2.12. The predicted molar refractivity (Wildman–Crippen MR) is 130 cm³/mol. The minimum absolute atomic E-state index is 0.195. The number of likely N-dealkylation sites (N-methyl/N-ethyl adjacent to an activating group) is 1. The fraction of sp³-hybridized carbons (Fsp3) is 0.240. The van der Waals surface area contributed by atoms with Gasteiger partial charge in [0.15, 0.2) is 0 Å². The Bertz CT molecular complexity index is 1250. The Morgan fingerprint density at radius 2 is 1.76 bits per heavy atom. The number of rotatable bonds is 10. The normalized spacial score (nSPS) is 11.3. The second-order valence-corrected chi connectivity index (χ2v) is 9.76. The van der Waals surface area contributed by atoms with Gasteiger partial charge in [-0.2, -0.15) is 0 Å². The van der Waals surface area contributed by atoms with E-state index in [1.165, 1.54) is 24.3 Å². The lowest BCUT2D eigenvalue weighted by atomic mass is 10.1. The van der Waals surface area contributed by atoms with Crippen LogP contribution in [0.2, 0.25) is 0 Å². The van der Waals surface area contributed by atoms with Crippen molar-refractivity contribution in [2.45, 2.75) is 18.4 Å². The number of anilines is 1. The lowest BCUT2D eigenvalue weighted by molar-refractivity contribution is 0.0951. The van der Waals surface area contributed by atoms with Crippen LogP contribution >= 0.6 is 0 Å². The summed E-state index contributed by atoms with van der Waals surface area (Å²) in [7, 11) is -0.0479. The minimum Gasteiger partial charge on any atom is -0.492 e. The van der Waals surface area contributed by atoms with E-state index in [0.29, 0.717) is 24.3 Å². The molecule has 0 saturated heterocycles. The SMILES string of the molecule is Cc1ccc(S(=O)(=O)Nc2cccc(C(=O)NCc3ccc(OCCN(C)C)cc3)c2)cc1F. The molecule has 180 valence electrons. The number of amides is 1. The first kappa shape index (κ1) is 25.2. The second-order valence-electron chi connectivity index (χ2n) is 8.08. The highest BCUT2D eigenvalue weighted by Crippen LogP contribution is 2.19. The summed E-state index contributed by atoms with van der Waals surface area (Å²) >= 11 is 0. The van der Waals surface area contributed by atoms with Gasteiger partial charge in [0.05, 0.1) is 4.90 Å². The third kappa shape index (κ3) is 7.03. The molecule has 0 radical (unpaired) electrons. The molecule has 0 fully saturated rings. The molecule has 0 heterocycles. The number of aryl methyl sites for hydroxylation is 1. The summed E-state index contributed by atoms with van der Waals surface area (Å²) < 4.78 is 47.0. The van der Waals surface area contributed by atoms with Crippen molar-refractivity contribution in [3.8, 4) is 5.75 Å². The van der Waals surface area contributed by atoms with Gasteiger partial charge in [-0.1, -0.05) is 24.3 Å². The zero-order valence-corrected chi connectivity index (χ0v) is 20.2. The van der Waals surface area contributed by atoms with Crippen molar-refractivity contribution in [3.63, 3.8) is 0 Å². The molecule has 3 rings (SSSR count).